The number of aromatic nitrogens is 2. The Morgan fingerprint density at radius 3 is 2.86 bits per heavy atom. The second-order valence-corrected chi connectivity index (χ2v) is 3.07. The van der Waals surface area contributed by atoms with E-state index in [1.165, 1.54) is 0 Å². The monoisotopic (exact) mass is 187 g/mol. The zero-order valence-electron chi connectivity index (χ0n) is 7.98. The van der Waals surface area contributed by atoms with Gasteiger partial charge in [-0.15, -0.1) is 0 Å². The lowest BCUT2D eigenvalue weighted by molar-refractivity contribution is 0.546. The van der Waals surface area contributed by atoms with Gasteiger partial charge in [-0.25, -0.2) is 4.98 Å². The molecule has 0 aliphatic rings. The highest BCUT2D eigenvalue weighted by atomic mass is 16.3. The third kappa shape index (κ3) is 1.19. The van der Waals surface area contributed by atoms with Gasteiger partial charge in [-0.3, -0.25) is 0 Å². The Kier molecular flexibility index (Phi) is 1.86. The minimum absolute atomic E-state index is 0.513. The molecule has 0 fully saturated rings. The van der Waals surface area contributed by atoms with E-state index in [1.807, 2.05) is 19.1 Å². The molecule has 4 heteroatoms. The van der Waals surface area contributed by atoms with Gasteiger partial charge < -0.3 is 8.98 Å². The third-order valence-electron chi connectivity index (χ3n) is 2.02. The largest absolute Gasteiger partial charge is 0.460 e. The van der Waals surface area contributed by atoms with Crippen LogP contribution in [0.5, 0.6) is 0 Å². The molecule has 0 radical (unpaired) electrons. The van der Waals surface area contributed by atoms with Crippen LogP contribution >= 0.6 is 0 Å². The van der Waals surface area contributed by atoms with E-state index in [0.717, 1.165) is 5.76 Å². The number of furan rings is 1. The lowest BCUT2D eigenvalue weighted by Crippen LogP contribution is -1.89. The summed E-state index contributed by atoms with van der Waals surface area (Å²) in [7, 11) is 1.78. The van der Waals surface area contributed by atoms with Crippen molar-refractivity contribution in [3.8, 4) is 17.5 Å². The fourth-order valence-electron chi connectivity index (χ4n) is 1.30. The minimum atomic E-state index is 0.513. The molecule has 0 aliphatic carbocycles. The Balaban J connectivity index is 2.58. The second-order valence-electron chi connectivity index (χ2n) is 3.07. The smallest absolute Gasteiger partial charge is 0.155 e. The average molecular weight is 187 g/mol. The van der Waals surface area contributed by atoms with Crippen molar-refractivity contribution < 1.29 is 4.42 Å². The summed E-state index contributed by atoms with van der Waals surface area (Å²) in [4.78, 5) is 4.12. The molecule has 2 aromatic heterocycles. The molecule has 2 aromatic rings. The first-order chi connectivity index (χ1) is 6.72. The predicted molar refractivity (Wildman–Crippen MR) is 50.4 cm³/mol. The Hall–Kier alpha value is -2.02. The number of imidazole rings is 1. The number of aryl methyl sites for hydroxylation is 2. The van der Waals surface area contributed by atoms with Crippen LogP contribution < -0.4 is 0 Å². The standard InChI is InChI=1S/C10H9N3O/c1-7-3-4-9(14-7)10-8(5-11)13(2)6-12-10/h3-4,6H,1-2H3. The van der Waals surface area contributed by atoms with Crippen LogP contribution in [0.15, 0.2) is 22.9 Å². The maximum absolute atomic E-state index is 8.90. The van der Waals surface area contributed by atoms with Gasteiger partial charge in [0.1, 0.15) is 17.5 Å². The Bertz CT molecular complexity index is 502. The van der Waals surface area contributed by atoms with Crippen molar-refractivity contribution in [2.24, 2.45) is 7.05 Å². The molecule has 0 N–H and O–H groups in total. The van der Waals surface area contributed by atoms with Crippen LogP contribution in [-0.4, -0.2) is 9.55 Å². The zero-order chi connectivity index (χ0) is 10.1. The molecule has 0 saturated heterocycles. The van der Waals surface area contributed by atoms with E-state index in [2.05, 4.69) is 11.1 Å². The van der Waals surface area contributed by atoms with Crippen LogP contribution in [0.2, 0.25) is 0 Å². The van der Waals surface area contributed by atoms with Gasteiger partial charge in [-0.1, -0.05) is 0 Å². The second kappa shape index (κ2) is 3.04. The zero-order valence-corrected chi connectivity index (χ0v) is 7.98. The summed E-state index contributed by atoms with van der Waals surface area (Å²) >= 11 is 0. The quantitative estimate of drug-likeness (QED) is 0.684. The van der Waals surface area contributed by atoms with E-state index in [1.54, 1.807) is 17.9 Å². The topological polar surface area (TPSA) is 54.8 Å². The van der Waals surface area contributed by atoms with Crippen LogP contribution in [0.4, 0.5) is 0 Å². The van der Waals surface area contributed by atoms with Gasteiger partial charge in [0.2, 0.25) is 0 Å². The molecule has 0 aliphatic heterocycles. The highest BCUT2D eigenvalue weighted by Gasteiger charge is 2.13. The summed E-state index contributed by atoms with van der Waals surface area (Å²) < 4.78 is 7.07. The average Bonchev–Trinajstić information content (AvgIpc) is 2.71. The summed E-state index contributed by atoms with van der Waals surface area (Å²) in [5, 5.41) is 8.90. The highest BCUT2D eigenvalue weighted by molar-refractivity contribution is 5.59. The number of rotatable bonds is 1. The van der Waals surface area contributed by atoms with E-state index < -0.39 is 0 Å². The van der Waals surface area contributed by atoms with Gasteiger partial charge in [-0.2, -0.15) is 5.26 Å². The van der Waals surface area contributed by atoms with E-state index in [-0.39, 0.29) is 0 Å². The fourth-order valence-corrected chi connectivity index (χ4v) is 1.30. The number of hydrogen-bond donors (Lipinski definition) is 0. The fraction of sp³-hybridized carbons (Fsp3) is 0.200. The van der Waals surface area contributed by atoms with Gasteiger partial charge in [-0.05, 0) is 19.1 Å². The molecule has 0 atom stereocenters. The van der Waals surface area contributed by atoms with E-state index >= 15 is 0 Å². The van der Waals surface area contributed by atoms with Gasteiger partial charge in [0, 0.05) is 7.05 Å². The molecule has 0 spiro atoms. The lowest BCUT2D eigenvalue weighted by atomic mass is 10.3. The minimum Gasteiger partial charge on any atom is -0.460 e. The van der Waals surface area contributed by atoms with Crippen molar-refractivity contribution in [3.63, 3.8) is 0 Å². The van der Waals surface area contributed by atoms with Crippen LogP contribution in [0.3, 0.4) is 0 Å². The maximum atomic E-state index is 8.90. The van der Waals surface area contributed by atoms with Gasteiger partial charge >= 0.3 is 0 Å². The normalized spacial score (nSPS) is 10.1. The molecule has 0 unspecified atom stereocenters. The Labute approximate surface area is 81.4 Å². The molecular weight excluding hydrogens is 178 g/mol. The third-order valence-corrected chi connectivity index (χ3v) is 2.02. The molecular formula is C10H9N3O. The summed E-state index contributed by atoms with van der Waals surface area (Å²) in [6, 6.07) is 5.76. The molecule has 2 heterocycles. The lowest BCUT2D eigenvalue weighted by Gasteiger charge is -1.93. The van der Waals surface area contributed by atoms with Crippen molar-refractivity contribution in [2.45, 2.75) is 6.92 Å². The Morgan fingerprint density at radius 1 is 1.50 bits per heavy atom. The summed E-state index contributed by atoms with van der Waals surface area (Å²) in [6.07, 6.45) is 1.60. The summed E-state index contributed by atoms with van der Waals surface area (Å²) in [5.74, 6) is 1.45. The van der Waals surface area contributed by atoms with Crippen LogP contribution in [0.1, 0.15) is 11.5 Å². The van der Waals surface area contributed by atoms with Crippen LogP contribution in [0.25, 0.3) is 11.5 Å². The molecule has 14 heavy (non-hydrogen) atoms. The van der Waals surface area contributed by atoms with E-state index in [0.29, 0.717) is 17.1 Å². The van der Waals surface area contributed by atoms with Crippen molar-refractivity contribution in [1.29, 1.82) is 5.26 Å². The van der Waals surface area contributed by atoms with Gasteiger partial charge in [0.05, 0.1) is 6.33 Å². The van der Waals surface area contributed by atoms with E-state index in [9.17, 15) is 0 Å². The number of hydrogen-bond acceptors (Lipinski definition) is 3. The molecule has 0 amide bonds. The van der Waals surface area contributed by atoms with Crippen molar-refractivity contribution >= 4 is 0 Å². The van der Waals surface area contributed by atoms with Gasteiger partial charge in [0.25, 0.3) is 0 Å². The van der Waals surface area contributed by atoms with Crippen molar-refractivity contribution in [2.75, 3.05) is 0 Å². The van der Waals surface area contributed by atoms with Crippen molar-refractivity contribution in [1.82, 2.24) is 9.55 Å². The first-order valence-corrected chi connectivity index (χ1v) is 4.20. The number of nitrogens with zero attached hydrogens (tertiary/aromatic N) is 3. The first kappa shape index (κ1) is 8.57. The molecule has 0 aromatic carbocycles. The molecule has 4 nitrogen and oxygen atoms in total. The highest BCUT2D eigenvalue weighted by Crippen LogP contribution is 2.22. The van der Waals surface area contributed by atoms with Crippen molar-refractivity contribution in [3.05, 3.63) is 29.9 Å². The van der Waals surface area contributed by atoms with E-state index in [4.69, 9.17) is 9.68 Å². The SMILES string of the molecule is Cc1ccc(-c2ncn(C)c2C#N)o1. The van der Waals surface area contributed by atoms with Crippen LogP contribution in [0, 0.1) is 18.3 Å². The number of nitriles is 1. The molecule has 0 saturated carbocycles. The maximum Gasteiger partial charge on any atom is 0.155 e. The van der Waals surface area contributed by atoms with Gasteiger partial charge in [0.15, 0.2) is 11.5 Å². The summed E-state index contributed by atoms with van der Waals surface area (Å²) in [5.41, 5.74) is 1.11. The molecule has 70 valence electrons. The summed E-state index contributed by atoms with van der Waals surface area (Å²) in [6.45, 7) is 1.86. The Morgan fingerprint density at radius 2 is 2.29 bits per heavy atom. The predicted octanol–water partition coefficient (Wildman–Crippen LogP) is 1.86. The molecule has 2 rings (SSSR count). The molecule has 0 bridgehead atoms. The first-order valence-electron chi connectivity index (χ1n) is 4.20. The van der Waals surface area contributed by atoms with Crippen LogP contribution in [-0.2, 0) is 7.05 Å².